The summed E-state index contributed by atoms with van der Waals surface area (Å²) in [6.07, 6.45) is 2.79. The predicted molar refractivity (Wildman–Crippen MR) is 105 cm³/mol. The Kier molecular flexibility index (Phi) is 4.58. The molecule has 138 valence electrons. The fourth-order valence-electron chi connectivity index (χ4n) is 3.36. The molecule has 0 unspecified atom stereocenters. The summed E-state index contributed by atoms with van der Waals surface area (Å²) in [4.78, 5) is 30.0. The molecule has 1 aliphatic heterocycles. The monoisotopic (exact) mass is 383 g/mol. The van der Waals surface area contributed by atoms with Crippen molar-refractivity contribution in [3.8, 4) is 5.75 Å². The number of methoxy groups -OCH3 is 1. The molecule has 1 amide bonds. The van der Waals surface area contributed by atoms with E-state index in [4.69, 9.17) is 16.3 Å². The van der Waals surface area contributed by atoms with Gasteiger partial charge in [0.05, 0.1) is 23.7 Å². The number of nitrogens with zero attached hydrogens (tertiary/aromatic N) is 2. The van der Waals surface area contributed by atoms with Gasteiger partial charge in [-0.3, -0.25) is 14.2 Å². The van der Waals surface area contributed by atoms with E-state index in [1.807, 2.05) is 0 Å². The number of benzene rings is 2. The number of hydrogen-bond acceptors (Lipinski definition) is 4. The molecule has 0 spiro atoms. The molecule has 6 nitrogen and oxygen atoms in total. The molecule has 4 rings (SSSR count). The van der Waals surface area contributed by atoms with Crippen molar-refractivity contribution in [3.05, 3.63) is 63.2 Å². The van der Waals surface area contributed by atoms with Crippen LogP contribution in [-0.4, -0.2) is 22.6 Å². The Morgan fingerprint density at radius 3 is 2.89 bits per heavy atom. The lowest BCUT2D eigenvalue weighted by Gasteiger charge is -2.18. The first kappa shape index (κ1) is 17.5. The number of aryl methyl sites for hydroxylation is 1. The molecule has 1 N–H and O–H groups in total. The van der Waals surface area contributed by atoms with Crippen LogP contribution in [0.5, 0.6) is 5.75 Å². The fraction of sp³-hybridized carbons (Fsp3) is 0.250. The fourth-order valence-corrected chi connectivity index (χ4v) is 3.53. The van der Waals surface area contributed by atoms with Crippen molar-refractivity contribution >= 4 is 34.1 Å². The summed E-state index contributed by atoms with van der Waals surface area (Å²) in [5.74, 6) is 0.976. The number of rotatable bonds is 3. The summed E-state index contributed by atoms with van der Waals surface area (Å²) in [6, 6.07) is 9.95. The number of carbonyl (C=O) groups excluding carboxylic acids is 1. The highest BCUT2D eigenvalue weighted by Gasteiger charge is 2.16. The maximum atomic E-state index is 12.7. The van der Waals surface area contributed by atoms with Crippen LogP contribution in [0, 0.1) is 0 Å². The largest absolute Gasteiger partial charge is 0.495 e. The lowest BCUT2D eigenvalue weighted by molar-refractivity contribution is 0.102. The maximum Gasteiger partial charge on any atom is 0.261 e. The van der Waals surface area contributed by atoms with Gasteiger partial charge in [0.25, 0.3) is 11.5 Å². The lowest BCUT2D eigenvalue weighted by Crippen LogP contribution is -2.28. The zero-order valence-corrected chi connectivity index (χ0v) is 15.5. The van der Waals surface area contributed by atoms with Gasteiger partial charge >= 0.3 is 0 Å². The van der Waals surface area contributed by atoms with Crippen LogP contribution >= 0.6 is 11.6 Å². The highest BCUT2D eigenvalue weighted by molar-refractivity contribution is 6.31. The molecule has 0 atom stereocenters. The van der Waals surface area contributed by atoms with Crippen molar-refractivity contribution in [2.24, 2.45) is 0 Å². The van der Waals surface area contributed by atoms with E-state index in [0.29, 0.717) is 39.5 Å². The van der Waals surface area contributed by atoms with Gasteiger partial charge in [0.1, 0.15) is 11.6 Å². The second-order valence-electron chi connectivity index (χ2n) is 6.47. The Hall–Kier alpha value is -2.86. The topological polar surface area (TPSA) is 73.2 Å². The average molecular weight is 384 g/mol. The van der Waals surface area contributed by atoms with Crippen molar-refractivity contribution < 1.29 is 9.53 Å². The van der Waals surface area contributed by atoms with Crippen molar-refractivity contribution in [1.29, 1.82) is 0 Å². The smallest absolute Gasteiger partial charge is 0.261 e. The van der Waals surface area contributed by atoms with Crippen LogP contribution in [0.15, 0.2) is 41.2 Å². The Morgan fingerprint density at radius 2 is 2.07 bits per heavy atom. The van der Waals surface area contributed by atoms with E-state index >= 15 is 0 Å². The first-order chi connectivity index (χ1) is 13.1. The molecular formula is C20H18ClN3O3. The van der Waals surface area contributed by atoms with Gasteiger partial charge in [-0.05, 0) is 49.2 Å². The maximum absolute atomic E-state index is 12.7. The molecule has 27 heavy (non-hydrogen) atoms. The Balaban J connectivity index is 1.71. The van der Waals surface area contributed by atoms with Crippen molar-refractivity contribution in [1.82, 2.24) is 9.55 Å². The highest BCUT2D eigenvalue weighted by Crippen LogP contribution is 2.28. The van der Waals surface area contributed by atoms with Gasteiger partial charge in [0.15, 0.2) is 0 Å². The molecule has 3 aromatic rings. The third-order valence-corrected chi connectivity index (χ3v) is 4.97. The van der Waals surface area contributed by atoms with E-state index in [-0.39, 0.29) is 11.5 Å². The number of anilines is 1. The molecule has 0 saturated heterocycles. The van der Waals surface area contributed by atoms with Crippen LogP contribution in [0.4, 0.5) is 5.69 Å². The van der Waals surface area contributed by atoms with Crippen molar-refractivity contribution in [3.63, 3.8) is 0 Å². The second-order valence-corrected chi connectivity index (χ2v) is 6.91. The van der Waals surface area contributed by atoms with E-state index in [9.17, 15) is 9.59 Å². The molecule has 2 heterocycles. The quantitative estimate of drug-likeness (QED) is 0.749. The molecular weight excluding hydrogens is 366 g/mol. The SMILES string of the molecule is COc1ccc(Cl)cc1NC(=O)c1ccc2c(=O)n3c(nc2c1)CCCC3. The number of nitrogens with one attached hydrogen (secondary N) is 1. The van der Waals surface area contributed by atoms with Gasteiger partial charge in [0, 0.05) is 23.6 Å². The molecule has 1 aromatic heterocycles. The van der Waals surface area contributed by atoms with Gasteiger partial charge in [-0.25, -0.2) is 4.98 Å². The summed E-state index contributed by atoms with van der Waals surface area (Å²) in [5.41, 5.74) is 1.39. The number of halogens is 1. The van der Waals surface area contributed by atoms with Crippen LogP contribution in [0.3, 0.4) is 0 Å². The highest BCUT2D eigenvalue weighted by atomic mass is 35.5. The van der Waals surface area contributed by atoms with Crippen molar-refractivity contribution in [2.75, 3.05) is 12.4 Å². The molecule has 0 aliphatic carbocycles. The molecule has 0 saturated carbocycles. The first-order valence-corrected chi connectivity index (χ1v) is 9.13. The van der Waals surface area contributed by atoms with Gasteiger partial charge in [-0.15, -0.1) is 0 Å². The minimum Gasteiger partial charge on any atom is -0.495 e. The summed E-state index contributed by atoms with van der Waals surface area (Å²) >= 11 is 6.01. The Morgan fingerprint density at radius 1 is 1.22 bits per heavy atom. The van der Waals surface area contributed by atoms with E-state index in [1.54, 1.807) is 41.0 Å². The summed E-state index contributed by atoms with van der Waals surface area (Å²) < 4.78 is 6.99. The number of fused-ring (bicyclic) bond motifs is 2. The van der Waals surface area contributed by atoms with Crippen LogP contribution in [0.25, 0.3) is 10.9 Å². The summed E-state index contributed by atoms with van der Waals surface area (Å²) in [6.45, 7) is 0.702. The summed E-state index contributed by atoms with van der Waals surface area (Å²) in [5, 5.41) is 3.82. The zero-order valence-electron chi connectivity index (χ0n) is 14.8. The van der Waals surface area contributed by atoms with E-state index in [2.05, 4.69) is 10.3 Å². The second kappa shape index (κ2) is 7.04. The minimum atomic E-state index is -0.322. The standard InChI is InChI=1S/C20H18ClN3O3/c1-27-17-8-6-13(21)11-16(17)23-19(25)12-5-7-14-15(10-12)22-18-4-2-3-9-24(18)20(14)26/h5-8,10-11H,2-4,9H2,1H3,(H,23,25). The van der Waals surface area contributed by atoms with Gasteiger partial charge in [-0.1, -0.05) is 11.6 Å². The molecule has 0 bridgehead atoms. The Bertz CT molecular complexity index is 1110. The van der Waals surface area contributed by atoms with Crippen LogP contribution in [0.2, 0.25) is 5.02 Å². The molecule has 2 aromatic carbocycles. The number of carbonyl (C=O) groups is 1. The first-order valence-electron chi connectivity index (χ1n) is 8.75. The molecule has 0 fully saturated rings. The van der Waals surface area contributed by atoms with E-state index in [1.165, 1.54) is 7.11 Å². The normalized spacial score (nSPS) is 13.3. The van der Waals surface area contributed by atoms with E-state index < -0.39 is 0 Å². The summed E-state index contributed by atoms with van der Waals surface area (Å²) in [7, 11) is 1.52. The third-order valence-electron chi connectivity index (χ3n) is 4.74. The van der Waals surface area contributed by atoms with Crippen LogP contribution < -0.4 is 15.6 Å². The Labute approximate surface area is 160 Å². The van der Waals surface area contributed by atoms with Crippen LogP contribution in [-0.2, 0) is 13.0 Å². The number of hydrogen-bond donors (Lipinski definition) is 1. The minimum absolute atomic E-state index is 0.0434. The lowest BCUT2D eigenvalue weighted by atomic mass is 10.1. The van der Waals surface area contributed by atoms with Gasteiger partial charge in [-0.2, -0.15) is 0 Å². The molecule has 1 aliphatic rings. The van der Waals surface area contributed by atoms with Gasteiger partial charge in [0.2, 0.25) is 0 Å². The van der Waals surface area contributed by atoms with E-state index in [0.717, 1.165) is 25.1 Å². The molecule has 0 radical (unpaired) electrons. The predicted octanol–water partition coefficient (Wildman–Crippen LogP) is 3.65. The number of ether oxygens (including phenoxy) is 1. The zero-order chi connectivity index (χ0) is 19.0. The number of amides is 1. The van der Waals surface area contributed by atoms with Crippen molar-refractivity contribution in [2.45, 2.75) is 25.8 Å². The number of aromatic nitrogens is 2. The van der Waals surface area contributed by atoms with Gasteiger partial charge < -0.3 is 10.1 Å². The third kappa shape index (κ3) is 3.28. The average Bonchev–Trinajstić information content (AvgIpc) is 2.68. The molecule has 7 heteroatoms. The van der Waals surface area contributed by atoms with Crippen LogP contribution in [0.1, 0.15) is 29.0 Å².